The number of anilines is 2. The van der Waals surface area contributed by atoms with E-state index in [1.807, 2.05) is 0 Å². The summed E-state index contributed by atoms with van der Waals surface area (Å²) < 4.78 is 24.8. The molecule has 4 amide bonds. The lowest BCUT2D eigenvalue weighted by Gasteiger charge is -2.50. The van der Waals surface area contributed by atoms with Crippen LogP contribution < -0.4 is 19.3 Å². The van der Waals surface area contributed by atoms with Crippen LogP contribution in [-0.4, -0.2) is 57.6 Å². The van der Waals surface area contributed by atoms with Crippen LogP contribution in [0.15, 0.2) is 72.3 Å². The van der Waals surface area contributed by atoms with E-state index in [0.29, 0.717) is 5.57 Å². The van der Waals surface area contributed by atoms with Gasteiger partial charge in [0.2, 0.25) is 11.8 Å². The number of phenolic OH excluding ortho intramolecular Hbond substituents is 1. The molecule has 252 valence electrons. The molecule has 3 fully saturated rings. The molecule has 0 spiro atoms. The van der Waals surface area contributed by atoms with E-state index < -0.39 is 73.5 Å². The number of fused-ring (bicyclic) bond motifs is 4. The zero-order valence-electron chi connectivity index (χ0n) is 25.8. The van der Waals surface area contributed by atoms with Crippen molar-refractivity contribution in [3.63, 3.8) is 0 Å². The van der Waals surface area contributed by atoms with Gasteiger partial charge in [0.1, 0.15) is 23.1 Å². The molecule has 2 saturated heterocycles. The summed E-state index contributed by atoms with van der Waals surface area (Å²) in [6.45, 7) is 0. The molecular weight excluding hydrogens is 684 g/mol. The number of ether oxygens (including phenoxy) is 2. The van der Waals surface area contributed by atoms with Crippen molar-refractivity contribution in [1.29, 1.82) is 0 Å². The Morgan fingerprint density at radius 3 is 2.29 bits per heavy atom. The highest BCUT2D eigenvalue weighted by Gasteiger charge is 2.77. The van der Waals surface area contributed by atoms with Gasteiger partial charge in [-0.3, -0.25) is 29.3 Å². The lowest BCUT2D eigenvalue weighted by atomic mass is 9.56. The number of aromatic hydroxyl groups is 1. The summed E-state index contributed by atoms with van der Waals surface area (Å²) >= 11 is 14.7. The van der Waals surface area contributed by atoms with Crippen molar-refractivity contribution in [2.75, 3.05) is 24.0 Å². The fraction of sp³-hybridized carbons (Fsp3) is 0.294. The molecule has 4 aliphatic rings. The third kappa shape index (κ3) is 4.41. The standard InChI is InChI=1S/C34H26Cl2FN3O9/c1-48-20-13-24(41)27(25(14-20)49-2)28-21-10-11-22-26(30(43)38(29(22)42)18-4-3-5-19(12-18)40(46)47)23(21)15-33(35)31(44)39(32(45)34(28,33)36)17-8-6-16(37)7-9-17/h3-10,12-14,22-23,26,28,41H,11,15H2,1-2H3. The number of carbonyl (C=O) groups excluding carboxylic acids is 4. The van der Waals surface area contributed by atoms with Gasteiger partial charge in [-0.1, -0.05) is 17.7 Å². The molecule has 1 saturated carbocycles. The maximum absolute atomic E-state index is 14.6. The number of hydrogen-bond donors (Lipinski definition) is 1. The quantitative estimate of drug-likeness (QED) is 0.119. The number of non-ortho nitro benzene ring substituents is 1. The maximum atomic E-state index is 14.6. The Labute approximate surface area is 287 Å². The molecule has 2 heterocycles. The van der Waals surface area contributed by atoms with Gasteiger partial charge in [0.05, 0.1) is 42.4 Å². The second-order valence-corrected chi connectivity index (χ2v) is 13.5. The first-order valence-electron chi connectivity index (χ1n) is 15.1. The van der Waals surface area contributed by atoms with Crippen LogP contribution in [0, 0.1) is 33.7 Å². The summed E-state index contributed by atoms with van der Waals surface area (Å²) in [5, 5.41) is 23.0. The number of nitro groups is 1. The van der Waals surface area contributed by atoms with E-state index in [0.717, 1.165) is 28.0 Å². The maximum Gasteiger partial charge on any atom is 0.271 e. The Bertz CT molecular complexity index is 2020. The van der Waals surface area contributed by atoms with Crippen LogP contribution in [0.25, 0.3) is 0 Å². The van der Waals surface area contributed by atoms with Crippen molar-refractivity contribution in [2.24, 2.45) is 17.8 Å². The van der Waals surface area contributed by atoms with Gasteiger partial charge in [0, 0.05) is 35.7 Å². The Balaban J connectivity index is 1.43. The third-order valence-electron chi connectivity index (χ3n) is 10.0. The molecular formula is C34H26Cl2FN3O9. The monoisotopic (exact) mass is 709 g/mol. The Morgan fingerprint density at radius 1 is 0.918 bits per heavy atom. The number of phenols is 1. The number of amides is 4. The van der Waals surface area contributed by atoms with E-state index in [9.17, 15) is 38.8 Å². The molecule has 0 aromatic heterocycles. The topological polar surface area (TPSA) is 157 Å². The number of hydrogen-bond acceptors (Lipinski definition) is 9. The highest BCUT2D eigenvalue weighted by Crippen LogP contribution is 2.67. The molecule has 3 aromatic carbocycles. The van der Waals surface area contributed by atoms with Gasteiger partial charge in [-0.25, -0.2) is 14.2 Å². The highest BCUT2D eigenvalue weighted by molar-refractivity contribution is 6.58. The molecule has 12 nitrogen and oxygen atoms in total. The van der Waals surface area contributed by atoms with E-state index in [1.54, 1.807) is 6.08 Å². The van der Waals surface area contributed by atoms with E-state index in [-0.39, 0.29) is 47.0 Å². The minimum atomic E-state index is -2.32. The van der Waals surface area contributed by atoms with Crippen LogP contribution >= 0.6 is 23.2 Å². The number of methoxy groups -OCH3 is 2. The summed E-state index contributed by atoms with van der Waals surface area (Å²) in [4.78, 5) is 65.1. The normalized spacial score (nSPS) is 29.0. The zero-order chi connectivity index (χ0) is 35.2. The van der Waals surface area contributed by atoms with Gasteiger partial charge >= 0.3 is 0 Å². The largest absolute Gasteiger partial charge is 0.507 e. The highest BCUT2D eigenvalue weighted by atomic mass is 35.5. The molecule has 2 aliphatic carbocycles. The Morgan fingerprint density at radius 2 is 1.63 bits per heavy atom. The molecule has 0 radical (unpaired) electrons. The van der Waals surface area contributed by atoms with Crippen LogP contribution in [0.2, 0.25) is 0 Å². The molecule has 0 bridgehead atoms. The number of allylic oxidation sites excluding steroid dienone is 2. The molecule has 3 aromatic rings. The number of carbonyl (C=O) groups is 4. The van der Waals surface area contributed by atoms with Crippen molar-refractivity contribution >= 4 is 63.9 Å². The van der Waals surface area contributed by atoms with Crippen molar-refractivity contribution in [2.45, 2.75) is 28.5 Å². The zero-order valence-corrected chi connectivity index (χ0v) is 27.3. The lowest BCUT2D eigenvalue weighted by Crippen LogP contribution is -2.60. The second kappa shape index (κ2) is 11.3. The number of imide groups is 2. The number of rotatable bonds is 6. The number of benzene rings is 3. The number of halogens is 3. The molecule has 6 unspecified atom stereocenters. The number of alkyl halides is 2. The van der Waals surface area contributed by atoms with Crippen LogP contribution in [0.4, 0.5) is 21.5 Å². The SMILES string of the molecule is COc1cc(O)c(C2C3=CCC4C(=O)N(c5cccc([N+](=O)[O-])c5)C(=O)C4C3CC3(Cl)C(=O)N(c4ccc(F)cc4)C(=O)C23Cl)c(OC)c1. The van der Waals surface area contributed by atoms with Crippen molar-refractivity contribution in [1.82, 2.24) is 0 Å². The van der Waals surface area contributed by atoms with Crippen LogP contribution in [0.1, 0.15) is 24.3 Å². The van der Waals surface area contributed by atoms with Gasteiger partial charge in [0.25, 0.3) is 17.5 Å². The lowest BCUT2D eigenvalue weighted by molar-refractivity contribution is -0.384. The van der Waals surface area contributed by atoms with Gasteiger partial charge in [-0.05, 0) is 49.1 Å². The van der Waals surface area contributed by atoms with Gasteiger partial charge < -0.3 is 14.6 Å². The summed E-state index contributed by atoms with van der Waals surface area (Å²) in [6.07, 6.45) is 1.31. The fourth-order valence-corrected chi connectivity index (χ4v) is 8.80. The van der Waals surface area contributed by atoms with E-state index in [4.69, 9.17) is 32.7 Å². The van der Waals surface area contributed by atoms with Crippen molar-refractivity contribution < 1.29 is 43.1 Å². The van der Waals surface area contributed by atoms with Crippen LogP contribution in [0.5, 0.6) is 17.2 Å². The first-order chi connectivity index (χ1) is 23.3. The van der Waals surface area contributed by atoms with Gasteiger partial charge in [0.15, 0.2) is 9.75 Å². The van der Waals surface area contributed by atoms with E-state index in [1.165, 1.54) is 56.7 Å². The second-order valence-electron chi connectivity index (χ2n) is 12.3. The Kier molecular flexibility index (Phi) is 7.49. The van der Waals surface area contributed by atoms with Crippen LogP contribution in [-0.2, 0) is 19.2 Å². The first-order valence-corrected chi connectivity index (χ1v) is 15.8. The first kappa shape index (κ1) is 32.5. The smallest absolute Gasteiger partial charge is 0.271 e. The van der Waals surface area contributed by atoms with Gasteiger partial charge in [-0.15, -0.1) is 23.2 Å². The summed E-state index contributed by atoms with van der Waals surface area (Å²) in [7, 11) is 2.69. The van der Waals surface area contributed by atoms with E-state index in [2.05, 4.69) is 0 Å². The molecule has 1 N–H and O–H groups in total. The predicted molar refractivity (Wildman–Crippen MR) is 173 cm³/mol. The van der Waals surface area contributed by atoms with Gasteiger partial charge in [-0.2, -0.15) is 0 Å². The minimum absolute atomic E-state index is 0.00357. The summed E-state index contributed by atoms with van der Waals surface area (Å²) in [5.74, 6) is -8.34. The molecule has 2 aliphatic heterocycles. The molecule has 49 heavy (non-hydrogen) atoms. The fourth-order valence-electron chi connectivity index (χ4n) is 7.88. The average molecular weight is 710 g/mol. The number of nitro benzene ring substituents is 1. The van der Waals surface area contributed by atoms with Crippen molar-refractivity contribution in [3.05, 3.63) is 93.8 Å². The third-order valence-corrected chi connectivity index (χ3v) is 11.4. The van der Waals surface area contributed by atoms with Crippen LogP contribution in [0.3, 0.4) is 0 Å². The molecule has 6 atom stereocenters. The predicted octanol–water partition coefficient (Wildman–Crippen LogP) is 5.22. The number of nitrogens with zero attached hydrogens (tertiary/aromatic N) is 3. The Hall–Kier alpha value is -5.01. The summed E-state index contributed by atoms with van der Waals surface area (Å²) in [5.41, 5.74) is 0.0370. The van der Waals surface area contributed by atoms with Crippen molar-refractivity contribution in [3.8, 4) is 17.2 Å². The summed E-state index contributed by atoms with van der Waals surface area (Å²) in [6, 6.07) is 12.4. The average Bonchev–Trinajstić information content (AvgIpc) is 3.42. The molecule has 7 rings (SSSR count). The molecule has 15 heteroatoms. The van der Waals surface area contributed by atoms with E-state index >= 15 is 0 Å². The minimum Gasteiger partial charge on any atom is -0.507 e.